The van der Waals surface area contributed by atoms with E-state index in [-0.39, 0.29) is 17.6 Å². The van der Waals surface area contributed by atoms with E-state index in [0.717, 1.165) is 36.0 Å². The number of carbonyl (C=O) groups is 1. The van der Waals surface area contributed by atoms with Crippen LogP contribution in [0.1, 0.15) is 57.2 Å². The third-order valence-electron chi connectivity index (χ3n) is 6.15. The zero-order valence-electron chi connectivity index (χ0n) is 18.9. The molecule has 7 heteroatoms. The van der Waals surface area contributed by atoms with Gasteiger partial charge in [-0.1, -0.05) is 44.2 Å². The normalized spacial score (nSPS) is 18.4. The van der Waals surface area contributed by atoms with Crippen LogP contribution in [-0.2, 0) is 14.8 Å². The highest BCUT2D eigenvalue weighted by atomic mass is 32.2. The zero-order chi connectivity index (χ0) is 22.8. The summed E-state index contributed by atoms with van der Waals surface area (Å²) >= 11 is 0. The second-order valence-electron chi connectivity index (χ2n) is 8.37. The van der Waals surface area contributed by atoms with Crippen molar-refractivity contribution in [3.63, 3.8) is 0 Å². The average Bonchev–Trinajstić information content (AvgIpc) is 2.72. The third-order valence-corrected chi connectivity index (χ3v) is 7.39. The van der Waals surface area contributed by atoms with Crippen molar-refractivity contribution in [2.75, 3.05) is 10.6 Å². The molecule has 0 spiro atoms. The molecule has 31 heavy (non-hydrogen) atoms. The largest absolute Gasteiger partial charge is 0.487 e. The lowest BCUT2D eigenvalue weighted by Crippen LogP contribution is -2.51. The molecule has 3 rings (SSSR count). The Balaban J connectivity index is 1.91. The summed E-state index contributed by atoms with van der Waals surface area (Å²) in [7, 11) is -3.66. The number of nitrogens with zero attached hydrogens (tertiary/aromatic N) is 1. The summed E-state index contributed by atoms with van der Waals surface area (Å²) in [4.78, 5) is 13.3. The second-order valence-corrected chi connectivity index (χ2v) is 10.2. The predicted octanol–water partition coefficient (Wildman–Crippen LogP) is 4.35. The summed E-state index contributed by atoms with van der Waals surface area (Å²) in [6.45, 7) is 7.68. The van der Waals surface area contributed by atoms with Crippen LogP contribution >= 0.6 is 0 Å². The number of rotatable bonds is 7. The number of fused-ring (bicyclic) bond motifs is 1. The van der Waals surface area contributed by atoms with Gasteiger partial charge in [0.05, 0.1) is 18.0 Å². The SMILES string of the molecule is CCC1(CC)CC(NC(=O)C(C)N(c2cccc(C)c2)S(C)(=O)=O)c2ccccc2O1. The molecule has 1 aliphatic rings. The minimum Gasteiger partial charge on any atom is -0.487 e. The van der Waals surface area contributed by atoms with Crippen LogP contribution in [0.3, 0.4) is 0 Å². The molecule has 0 aromatic heterocycles. The number of para-hydroxylation sites is 1. The van der Waals surface area contributed by atoms with E-state index in [1.165, 1.54) is 4.31 Å². The van der Waals surface area contributed by atoms with Crippen LogP contribution in [0, 0.1) is 6.92 Å². The highest BCUT2D eigenvalue weighted by molar-refractivity contribution is 7.92. The Morgan fingerprint density at radius 2 is 1.87 bits per heavy atom. The molecular formula is C24H32N2O4S. The molecule has 6 nitrogen and oxygen atoms in total. The fourth-order valence-corrected chi connectivity index (χ4v) is 5.46. The lowest BCUT2D eigenvalue weighted by atomic mass is 9.83. The summed E-state index contributed by atoms with van der Waals surface area (Å²) in [5, 5.41) is 3.11. The smallest absolute Gasteiger partial charge is 0.244 e. The Morgan fingerprint density at radius 1 is 1.19 bits per heavy atom. The first-order chi connectivity index (χ1) is 14.6. The summed E-state index contributed by atoms with van der Waals surface area (Å²) in [6.07, 6.45) is 3.40. The van der Waals surface area contributed by atoms with Crippen molar-refractivity contribution >= 4 is 21.6 Å². The van der Waals surface area contributed by atoms with E-state index in [9.17, 15) is 13.2 Å². The molecule has 0 fully saturated rings. The van der Waals surface area contributed by atoms with Gasteiger partial charge in [0.1, 0.15) is 17.4 Å². The number of benzene rings is 2. The van der Waals surface area contributed by atoms with Crippen LogP contribution in [0.25, 0.3) is 0 Å². The topological polar surface area (TPSA) is 75.7 Å². The van der Waals surface area contributed by atoms with Gasteiger partial charge >= 0.3 is 0 Å². The molecule has 1 N–H and O–H groups in total. The fraction of sp³-hybridized carbons (Fsp3) is 0.458. The van der Waals surface area contributed by atoms with E-state index in [1.807, 2.05) is 37.3 Å². The number of aryl methyl sites for hydroxylation is 1. The minimum absolute atomic E-state index is 0.251. The maximum absolute atomic E-state index is 13.3. The van der Waals surface area contributed by atoms with Crippen molar-refractivity contribution in [3.8, 4) is 5.75 Å². The van der Waals surface area contributed by atoms with E-state index in [0.29, 0.717) is 12.1 Å². The zero-order valence-corrected chi connectivity index (χ0v) is 19.7. The van der Waals surface area contributed by atoms with Crippen LogP contribution in [-0.4, -0.2) is 32.2 Å². The molecule has 0 bridgehead atoms. The van der Waals surface area contributed by atoms with Gasteiger partial charge in [0.15, 0.2) is 0 Å². The highest BCUT2D eigenvalue weighted by Crippen LogP contribution is 2.42. The molecular weight excluding hydrogens is 412 g/mol. The first-order valence-corrected chi connectivity index (χ1v) is 12.6. The summed E-state index contributed by atoms with van der Waals surface area (Å²) in [5.74, 6) is 0.434. The highest BCUT2D eigenvalue weighted by Gasteiger charge is 2.40. The molecule has 2 aromatic carbocycles. The van der Waals surface area contributed by atoms with E-state index in [4.69, 9.17) is 4.74 Å². The lowest BCUT2D eigenvalue weighted by Gasteiger charge is -2.42. The van der Waals surface area contributed by atoms with Gasteiger partial charge in [-0.2, -0.15) is 0 Å². The second kappa shape index (κ2) is 8.91. The van der Waals surface area contributed by atoms with Crippen LogP contribution < -0.4 is 14.4 Å². The Kier molecular flexibility index (Phi) is 6.65. The van der Waals surface area contributed by atoms with Crippen molar-refractivity contribution in [1.82, 2.24) is 5.32 Å². The third kappa shape index (κ3) is 4.87. The van der Waals surface area contributed by atoms with Crippen molar-refractivity contribution < 1.29 is 17.9 Å². The van der Waals surface area contributed by atoms with Gasteiger partial charge in [-0.3, -0.25) is 9.10 Å². The number of nitrogens with one attached hydrogen (secondary N) is 1. The Morgan fingerprint density at radius 3 is 2.48 bits per heavy atom. The van der Waals surface area contributed by atoms with Gasteiger partial charge in [-0.15, -0.1) is 0 Å². The lowest BCUT2D eigenvalue weighted by molar-refractivity contribution is -0.123. The van der Waals surface area contributed by atoms with Crippen LogP contribution in [0.4, 0.5) is 5.69 Å². The molecule has 2 atom stereocenters. The molecule has 2 aromatic rings. The Labute approximate surface area is 185 Å². The van der Waals surface area contributed by atoms with Crippen molar-refractivity contribution in [2.45, 2.75) is 64.6 Å². The fourth-order valence-electron chi connectivity index (χ4n) is 4.30. The minimum atomic E-state index is -3.66. The van der Waals surface area contributed by atoms with Crippen molar-refractivity contribution in [2.24, 2.45) is 0 Å². The van der Waals surface area contributed by atoms with Gasteiger partial charge in [0.25, 0.3) is 0 Å². The molecule has 0 radical (unpaired) electrons. The Hall–Kier alpha value is -2.54. The van der Waals surface area contributed by atoms with Gasteiger partial charge in [-0.25, -0.2) is 8.42 Å². The van der Waals surface area contributed by atoms with E-state index in [1.54, 1.807) is 25.1 Å². The average molecular weight is 445 g/mol. The predicted molar refractivity (Wildman–Crippen MR) is 124 cm³/mol. The van der Waals surface area contributed by atoms with E-state index >= 15 is 0 Å². The standard InChI is InChI=1S/C24H32N2O4S/c1-6-24(7-2)16-21(20-13-8-9-14-22(20)30-24)25-23(27)18(4)26(31(5,28)29)19-12-10-11-17(3)15-19/h8-15,18,21H,6-7,16H2,1-5H3,(H,25,27). The van der Waals surface area contributed by atoms with E-state index in [2.05, 4.69) is 19.2 Å². The summed E-state index contributed by atoms with van der Waals surface area (Å²) in [5.41, 5.74) is 1.96. The first-order valence-electron chi connectivity index (χ1n) is 10.7. The quantitative estimate of drug-likeness (QED) is 0.689. The summed E-state index contributed by atoms with van der Waals surface area (Å²) < 4.78 is 32.7. The number of anilines is 1. The van der Waals surface area contributed by atoms with Crippen molar-refractivity contribution in [1.29, 1.82) is 0 Å². The number of amides is 1. The Bertz CT molecular complexity index is 1050. The molecule has 1 aliphatic heterocycles. The van der Waals surface area contributed by atoms with Crippen LogP contribution in [0.5, 0.6) is 5.75 Å². The van der Waals surface area contributed by atoms with Crippen LogP contribution in [0.15, 0.2) is 48.5 Å². The van der Waals surface area contributed by atoms with Crippen LogP contribution in [0.2, 0.25) is 0 Å². The van der Waals surface area contributed by atoms with Gasteiger partial charge in [0, 0.05) is 12.0 Å². The molecule has 0 aliphatic carbocycles. The number of hydrogen-bond donors (Lipinski definition) is 1. The molecule has 1 heterocycles. The number of ether oxygens (including phenoxy) is 1. The molecule has 0 saturated heterocycles. The monoisotopic (exact) mass is 444 g/mol. The molecule has 168 valence electrons. The van der Waals surface area contributed by atoms with Crippen molar-refractivity contribution in [3.05, 3.63) is 59.7 Å². The number of hydrogen-bond acceptors (Lipinski definition) is 4. The van der Waals surface area contributed by atoms with Gasteiger partial charge in [0.2, 0.25) is 15.9 Å². The molecule has 0 saturated carbocycles. The van der Waals surface area contributed by atoms with Gasteiger partial charge in [-0.05, 0) is 50.5 Å². The number of sulfonamides is 1. The molecule has 1 amide bonds. The number of carbonyl (C=O) groups excluding carboxylic acids is 1. The summed E-state index contributed by atoms with van der Waals surface area (Å²) in [6, 6.07) is 13.7. The first kappa shape index (κ1) is 23.1. The molecule has 2 unspecified atom stereocenters. The maximum Gasteiger partial charge on any atom is 0.244 e. The van der Waals surface area contributed by atoms with E-state index < -0.39 is 16.1 Å². The maximum atomic E-state index is 13.3. The van der Waals surface area contributed by atoms with Gasteiger partial charge < -0.3 is 10.1 Å².